The molecule has 0 radical (unpaired) electrons. The number of nitrogens with zero attached hydrogens (tertiary/aromatic N) is 2. The quantitative estimate of drug-likeness (QED) is 0.896. The lowest BCUT2D eigenvalue weighted by atomic mass is 10.3. The third-order valence-electron chi connectivity index (χ3n) is 2.41. The zero-order valence-electron chi connectivity index (χ0n) is 10.2. The highest BCUT2D eigenvalue weighted by atomic mass is 16.5. The molecule has 0 fully saturated rings. The smallest absolute Gasteiger partial charge is 0.356 e. The predicted molar refractivity (Wildman–Crippen MR) is 68.0 cm³/mol. The summed E-state index contributed by atoms with van der Waals surface area (Å²) >= 11 is 0. The molecule has 0 bridgehead atoms. The summed E-state index contributed by atoms with van der Waals surface area (Å²) in [5.41, 5.74) is -0.0980. The van der Waals surface area contributed by atoms with E-state index in [9.17, 15) is 9.59 Å². The topological polar surface area (TPSA) is 81.4 Å². The van der Waals surface area contributed by atoms with Crippen molar-refractivity contribution in [2.24, 2.45) is 0 Å². The Morgan fingerprint density at radius 3 is 2.53 bits per heavy atom. The van der Waals surface area contributed by atoms with E-state index in [-0.39, 0.29) is 5.69 Å². The van der Waals surface area contributed by atoms with Gasteiger partial charge in [-0.15, -0.1) is 0 Å². The maximum absolute atomic E-state index is 11.7. The van der Waals surface area contributed by atoms with Gasteiger partial charge in [0.1, 0.15) is 5.75 Å². The Hall–Kier alpha value is -2.63. The Kier molecular flexibility index (Phi) is 3.61. The molecule has 2 rings (SSSR count). The van der Waals surface area contributed by atoms with E-state index in [4.69, 9.17) is 9.84 Å². The van der Waals surface area contributed by atoms with Crippen LogP contribution in [0.5, 0.6) is 5.75 Å². The first-order chi connectivity index (χ1) is 9.11. The van der Waals surface area contributed by atoms with Crippen LogP contribution in [0.25, 0.3) is 5.69 Å². The van der Waals surface area contributed by atoms with Gasteiger partial charge in [-0.05, 0) is 37.3 Å². The molecule has 0 saturated carbocycles. The molecule has 19 heavy (non-hydrogen) atoms. The minimum absolute atomic E-state index is 0.187. The SMILES string of the molecule is CCOc1ccc(-n2nc(C(=O)O)ccc2=O)cc1. The molecule has 1 N–H and O–H groups in total. The van der Waals surface area contributed by atoms with E-state index >= 15 is 0 Å². The largest absolute Gasteiger partial charge is 0.494 e. The van der Waals surface area contributed by atoms with Gasteiger partial charge in [-0.2, -0.15) is 9.78 Å². The molecule has 0 unspecified atom stereocenters. The lowest BCUT2D eigenvalue weighted by Crippen LogP contribution is -2.22. The van der Waals surface area contributed by atoms with Crippen LogP contribution in [0, 0.1) is 0 Å². The maximum atomic E-state index is 11.7. The van der Waals surface area contributed by atoms with E-state index in [2.05, 4.69) is 5.10 Å². The molecule has 0 amide bonds. The summed E-state index contributed by atoms with van der Waals surface area (Å²) in [4.78, 5) is 22.5. The normalized spacial score (nSPS) is 10.2. The van der Waals surface area contributed by atoms with Crippen molar-refractivity contribution in [3.05, 3.63) is 52.4 Å². The summed E-state index contributed by atoms with van der Waals surface area (Å²) in [6.07, 6.45) is 0. The zero-order valence-corrected chi connectivity index (χ0v) is 10.2. The van der Waals surface area contributed by atoms with Crippen molar-refractivity contribution in [2.45, 2.75) is 6.92 Å². The summed E-state index contributed by atoms with van der Waals surface area (Å²) in [6, 6.07) is 9.03. The van der Waals surface area contributed by atoms with Gasteiger partial charge >= 0.3 is 5.97 Å². The third-order valence-corrected chi connectivity index (χ3v) is 2.41. The lowest BCUT2D eigenvalue weighted by molar-refractivity contribution is 0.0688. The molecular formula is C13H12N2O4. The molecule has 0 spiro atoms. The van der Waals surface area contributed by atoms with E-state index in [1.54, 1.807) is 24.3 Å². The Morgan fingerprint density at radius 1 is 1.26 bits per heavy atom. The molecular weight excluding hydrogens is 248 g/mol. The van der Waals surface area contributed by atoms with Crippen molar-refractivity contribution in [1.29, 1.82) is 0 Å². The van der Waals surface area contributed by atoms with Crippen LogP contribution < -0.4 is 10.3 Å². The van der Waals surface area contributed by atoms with Crippen molar-refractivity contribution in [3.8, 4) is 11.4 Å². The van der Waals surface area contributed by atoms with Gasteiger partial charge in [-0.1, -0.05) is 0 Å². The van der Waals surface area contributed by atoms with Gasteiger partial charge in [0.25, 0.3) is 5.56 Å². The van der Waals surface area contributed by atoms with E-state index in [1.807, 2.05) is 6.92 Å². The maximum Gasteiger partial charge on any atom is 0.356 e. The lowest BCUT2D eigenvalue weighted by Gasteiger charge is -2.07. The highest BCUT2D eigenvalue weighted by Gasteiger charge is 2.08. The molecule has 98 valence electrons. The number of rotatable bonds is 4. The Bertz CT molecular complexity index is 646. The van der Waals surface area contributed by atoms with E-state index in [1.165, 1.54) is 12.1 Å². The van der Waals surface area contributed by atoms with E-state index in [0.717, 1.165) is 4.68 Å². The van der Waals surface area contributed by atoms with Gasteiger partial charge in [0.15, 0.2) is 5.69 Å². The molecule has 1 heterocycles. The second-order valence-corrected chi connectivity index (χ2v) is 3.70. The highest BCUT2D eigenvalue weighted by Crippen LogP contribution is 2.13. The Morgan fingerprint density at radius 2 is 1.95 bits per heavy atom. The Balaban J connectivity index is 2.43. The van der Waals surface area contributed by atoms with Crippen LogP contribution in [-0.2, 0) is 0 Å². The van der Waals surface area contributed by atoms with Crippen molar-refractivity contribution in [3.63, 3.8) is 0 Å². The van der Waals surface area contributed by atoms with Gasteiger partial charge in [-0.3, -0.25) is 4.79 Å². The Labute approximate surface area is 108 Å². The summed E-state index contributed by atoms with van der Waals surface area (Å²) in [5.74, 6) is -0.506. The first kappa shape index (κ1) is 12.8. The zero-order chi connectivity index (χ0) is 13.8. The molecule has 6 nitrogen and oxygen atoms in total. The summed E-state index contributed by atoms with van der Waals surface area (Å²) < 4.78 is 6.33. The molecule has 0 aliphatic carbocycles. The molecule has 1 aromatic carbocycles. The molecule has 0 atom stereocenters. The predicted octanol–water partition coefficient (Wildman–Crippen LogP) is 1.33. The van der Waals surface area contributed by atoms with Crippen molar-refractivity contribution in [2.75, 3.05) is 6.61 Å². The van der Waals surface area contributed by atoms with E-state index < -0.39 is 11.5 Å². The van der Waals surface area contributed by atoms with Crippen molar-refractivity contribution in [1.82, 2.24) is 9.78 Å². The van der Waals surface area contributed by atoms with Crippen LogP contribution in [-0.4, -0.2) is 27.5 Å². The first-order valence-corrected chi connectivity index (χ1v) is 5.68. The minimum Gasteiger partial charge on any atom is -0.494 e. The van der Waals surface area contributed by atoms with Gasteiger partial charge < -0.3 is 9.84 Å². The van der Waals surface area contributed by atoms with Crippen LogP contribution in [0.2, 0.25) is 0 Å². The fourth-order valence-electron chi connectivity index (χ4n) is 1.56. The average molecular weight is 260 g/mol. The summed E-state index contributed by atoms with van der Waals surface area (Å²) in [6.45, 7) is 2.42. The van der Waals surface area contributed by atoms with Crippen LogP contribution in [0.1, 0.15) is 17.4 Å². The molecule has 6 heteroatoms. The molecule has 2 aromatic rings. The van der Waals surface area contributed by atoms with Crippen LogP contribution in [0.15, 0.2) is 41.2 Å². The molecule has 0 saturated heterocycles. The minimum atomic E-state index is -1.18. The fraction of sp³-hybridized carbons (Fsp3) is 0.154. The number of aromatic carboxylic acids is 1. The number of hydrogen-bond acceptors (Lipinski definition) is 4. The van der Waals surface area contributed by atoms with Crippen molar-refractivity contribution >= 4 is 5.97 Å². The number of carbonyl (C=O) groups is 1. The summed E-state index contributed by atoms with van der Waals surface area (Å²) in [7, 11) is 0. The van der Waals surface area contributed by atoms with Crippen LogP contribution >= 0.6 is 0 Å². The number of carboxylic acid groups (broad SMARTS) is 1. The van der Waals surface area contributed by atoms with Gasteiger partial charge in [-0.25, -0.2) is 4.79 Å². The molecule has 0 aliphatic rings. The monoisotopic (exact) mass is 260 g/mol. The number of aromatic nitrogens is 2. The number of hydrogen-bond donors (Lipinski definition) is 1. The third kappa shape index (κ3) is 2.79. The molecule has 0 aliphatic heterocycles. The number of carboxylic acids is 1. The van der Waals surface area contributed by atoms with Crippen LogP contribution in [0.4, 0.5) is 0 Å². The van der Waals surface area contributed by atoms with Gasteiger partial charge in [0.05, 0.1) is 12.3 Å². The van der Waals surface area contributed by atoms with Crippen molar-refractivity contribution < 1.29 is 14.6 Å². The fourth-order valence-corrected chi connectivity index (χ4v) is 1.56. The standard InChI is InChI=1S/C13H12N2O4/c1-2-19-10-5-3-9(4-6-10)15-12(16)8-7-11(14-15)13(17)18/h3-8H,2H2,1H3,(H,17,18). The van der Waals surface area contributed by atoms with Crippen LogP contribution in [0.3, 0.4) is 0 Å². The second kappa shape index (κ2) is 5.34. The number of benzene rings is 1. The summed E-state index contributed by atoms with van der Waals surface area (Å²) in [5, 5.41) is 12.6. The molecule has 1 aromatic heterocycles. The highest BCUT2D eigenvalue weighted by molar-refractivity contribution is 5.84. The van der Waals surface area contributed by atoms with Gasteiger partial charge in [0, 0.05) is 6.07 Å². The van der Waals surface area contributed by atoms with Gasteiger partial charge in [0.2, 0.25) is 0 Å². The second-order valence-electron chi connectivity index (χ2n) is 3.70. The number of ether oxygens (including phenoxy) is 1. The van der Waals surface area contributed by atoms with E-state index in [0.29, 0.717) is 18.0 Å². The first-order valence-electron chi connectivity index (χ1n) is 5.68. The average Bonchev–Trinajstić information content (AvgIpc) is 2.40.